The number of imidazole rings is 1. The number of rotatable bonds is 5. The first-order valence-electron chi connectivity index (χ1n) is 6.88. The number of thiophene rings is 1. The molecule has 7 heteroatoms. The maximum atomic E-state index is 12.7. The topological polar surface area (TPSA) is 57.8 Å². The van der Waals surface area contributed by atoms with Crippen molar-refractivity contribution in [2.75, 3.05) is 13.2 Å². The highest BCUT2D eigenvalue weighted by molar-refractivity contribution is 7.21. The predicted octanol–water partition coefficient (Wildman–Crippen LogP) is 2.84. The highest BCUT2D eigenvalue weighted by Crippen LogP contribution is 2.29. The monoisotopic (exact) mass is 323 g/mol. The summed E-state index contributed by atoms with van der Waals surface area (Å²) in [6.45, 7) is 4.66. The summed E-state index contributed by atoms with van der Waals surface area (Å²) in [5.41, 5.74) is 0.991. The highest BCUT2D eigenvalue weighted by Gasteiger charge is 2.22. The Morgan fingerprint density at radius 2 is 2.33 bits per heavy atom. The largest absolute Gasteiger partial charge is 0.396 e. The molecule has 1 amide bonds. The third-order valence-electron chi connectivity index (χ3n) is 3.39. The number of aromatic nitrogens is 2. The van der Waals surface area contributed by atoms with Gasteiger partial charge in [-0.25, -0.2) is 4.98 Å². The molecular weight excluding hydrogens is 306 g/mol. The third-order valence-corrected chi connectivity index (χ3v) is 5.15. The average molecular weight is 323 g/mol. The summed E-state index contributed by atoms with van der Waals surface area (Å²) < 4.78 is 2.01. The third kappa shape index (κ3) is 2.56. The molecule has 0 saturated carbocycles. The minimum Gasteiger partial charge on any atom is -0.396 e. The lowest BCUT2D eigenvalue weighted by molar-refractivity contribution is 0.0698. The first kappa shape index (κ1) is 14.5. The molecule has 3 aromatic heterocycles. The van der Waals surface area contributed by atoms with Crippen molar-refractivity contribution in [2.24, 2.45) is 0 Å². The second-order valence-corrected chi connectivity index (χ2v) is 7.04. The van der Waals surface area contributed by atoms with Crippen LogP contribution in [0.3, 0.4) is 0 Å². The summed E-state index contributed by atoms with van der Waals surface area (Å²) in [7, 11) is 0. The summed E-state index contributed by atoms with van der Waals surface area (Å²) in [5.74, 6) is 0.0189. The molecule has 0 aromatic carbocycles. The van der Waals surface area contributed by atoms with Gasteiger partial charge in [0, 0.05) is 30.8 Å². The Hall–Kier alpha value is -1.44. The number of nitrogens with zero attached hydrogens (tertiary/aromatic N) is 3. The maximum Gasteiger partial charge on any atom is 0.264 e. The Bertz CT molecular complexity index is 772. The molecule has 0 saturated heterocycles. The second kappa shape index (κ2) is 5.75. The fourth-order valence-electron chi connectivity index (χ4n) is 2.33. The van der Waals surface area contributed by atoms with Gasteiger partial charge in [-0.3, -0.25) is 9.20 Å². The van der Waals surface area contributed by atoms with Crippen molar-refractivity contribution in [1.82, 2.24) is 14.3 Å². The van der Waals surface area contributed by atoms with E-state index in [1.54, 1.807) is 16.2 Å². The van der Waals surface area contributed by atoms with Crippen LogP contribution in [0.15, 0.2) is 17.6 Å². The molecule has 0 aliphatic rings. The first-order valence-corrected chi connectivity index (χ1v) is 8.58. The van der Waals surface area contributed by atoms with Crippen molar-refractivity contribution in [3.63, 3.8) is 0 Å². The zero-order valence-electron chi connectivity index (χ0n) is 11.9. The number of carbonyl (C=O) groups excluding carboxylic acids is 1. The van der Waals surface area contributed by atoms with Crippen LogP contribution in [-0.2, 0) is 0 Å². The van der Waals surface area contributed by atoms with Crippen LogP contribution in [0.2, 0.25) is 0 Å². The molecule has 0 bridgehead atoms. The van der Waals surface area contributed by atoms with Gasteiger partial charge in [-0.1, -0.05) is 0 Å². The molecule has 0 spiro atoms. The fourth-order valence-corrected chi connectivity index (χ4v) is 4.09. The SMILES string of the molecule is CC(C)N(CCCO)C(=O)c1cc2c(nc3sccn32)s1. The van der Waals surface area contributed by atoms with Crippen LogP contribution in [0.25, 0.3) is 15.3 Å². The molecule has 3 rings (SSSR count). The Balaban J connectivity index is 1.93. The van der Waals surface area contributed by atoms with E-state index in [0.717, 1.165) is 15.3 Å². The lowest BCUT2D eigenvalue weighted by Crippen LogP contribution is -2.37. The number of carbonyl (C=O) groups is 1. The normalized spacial score (nSPS) is 11.8. The van der Waals surface area contributed by atoms with Gasteiger partial charge in [-0.15, -0.1) is 22.7 Å². The fraction of sp³-hybridized carbons (Fsp3) is 0.429. The lowest BCUT2D eigenvalue weighted by Gasteiger charge is -2.25. The van der Waals surface area contributed by atoms with Gasteiger partial charge in [0.15, 0.2) is 4.96 Å². The molecular formula is C14H17N3O2S2. The standard InChI is InChI=1S/C14H17N3O2S2/c1-9(2)16(4-3-6-18)13(19)11-8-10-12(21-11)15-14-17(10)5-7-20-14/h5,7-9,18H,3-4,6H2,1-2H3. The molecule has 3 heterocycles. The minimum atomic E-state index is 0.0189. The Kier molecular flexibility index (Phi) is 3.97. The van der Waals surface area contributed by atoms with E-state index < -0.39 is 0 Å². The summed E-state index contributed by atoms with van der Waals surface area (Å²) in [5, 5.41) is 11.0. The predicted molar refractivity (Wildman–Crippen MR) is 86.3 cm³/mol. The molecule has 0 aliphatic heterocycles. The van der Waals surface area contributed by atoms with Gasteiger partial charge in [-0.05, 0) is 26.3 Å². The van der Waals surface area contributed by atoms with E-state index in [-0.39, 0.29) is 18.6 Å². The van der Waals surface area contributed by atoms with E-state index in [1.165, 1.54) is 11.3 Å². The summed E-state index contributed by atoms with van der Waals surface area (Å²) >= 11 is 3.03. The Morgan fingerprint density at radius 1 is 1.52 bits per heavy atom. The van der Waals surface area contributed by atoms with Crippen LogP contribution in [0.1, 0.15) is 29.9 Å². The van der Waals surface area contributed by atoms with Crippen LogP contribution >= 0.6 is 22.7 Å². The van der Waals surface area contributed by atoms with E-state index in [0.29, 0.717) is 17.8 Å². The molecule has 1 N–H and O–H groups in total. The molecule has 0 atom stereocenters. The Morgan fingerprint density at radius 3 is 3.05 bits per heavy atom. The summed E-state index contributed by atoms with van der Waals surface area (Å²) in [6.07, 6.45) is 2.57. The molecule has 0 aliphatic carbocycles. The lowest BCUT2D eigenvalue weighted by atomic mass is 10.2. The van der Waals surface area contributed by atoms with Crippen molar-refractivity contribution >= 4 is 43.9 Å². The second-order valence-electron chi connectivity index (χ2n) is 5.14. The van der Waals surface area contributed by atoms with Gasteiger partial charge >= 0.3 is 0 Å². The van der Waals surface area contributed by atoms with Crippen LogP contribution in [0.5, 0.6) is 0 Å². The van der Waals surface area contributed by atoms with E-state index in [1.807, 2.05) is 35.9 Å². The number of fused-ring (bicyclic) bond motifs is 3. The van der Waals surface area contributed by atoms with Crippen molar-refractivity contribution in [2.45, 2.75) is 26.3 Å². The summed E-state index contributed by atoms with van der Waals surface area (Å²) in [4.78, 5) is 21.6. The molecule has 5 nitrogen and oxygen atoms in total. The zero-order valence-corrected chi connectivity index (χ0v) is 13.6. The smallest absolute Gasteiger partial charge is 0.264 e. The number of amides is 1. The maximum absolute atomic E-state index is 12.7. The molecule has 3 aromatic rings. The number of hydrogen-bond acceptors (Lipinski definition) is 5. The van der Waals surface area contributed by atoms with Gasteiger partial charge in [0.1, 0.15) is 4.83 Å². The highest BCUT2D eigenvalue weighted by atomic mass is 32.1. The van der Waals surface area contributed by atoms with Crippen molar-refractivity contribution in [1.29, 1.82) is 0 Å². The number of thiazole rings is 1. The zero-order chi connectivity index (χ0) is 15.0. The molecule has 0 unspecified atom stereocenters. The average Bonchev–Trinajstić information content (AvgIpc) is 3.09. The van der Waals surface area contributed by atoms with Gasteiger partial charge in [-0.2, -0.15) is 0 Å². The first-order chi connectivity index (χ1) is 10.1. The van der Waals surface area contributed by atoms with E-state index in [9.17, 15) is 4.79 Å². The van der Waals surface area contributed by atoms with Gasteiger partial charge in [0.2, 0.25) is 0 Å². The number of aliphatic hydroxyl groups excluding tert-OH is 1. The van der Waals surface area contributed by atoms with Crippen LogP contribution in [-0.4, -0.2) is 44.5 Å². The van der Waals surface area contributed by atoms with Crippen molar-refractivity contribution in [3.8, 4) is 0 Å². The molecule has 0 fully saturated rings. The van der Waals surface area contributed by atoms with Crippen LogP contribution < -0.4 is 0 Å². The van der Waals surface area contributed by atoms with Crippen LogP contribution in [0.4, 0.5) is 0 Å². The van der Waals surface area contributed by atoms with Gasteiger partial charge < -0.3 is 10.0 Å². The molecule has 0 radical (unpaired) electrons. The van der Waals surface area contributed by atoms with Crippen molar-refractivity contribution in [3.05, 3.63) is 22.5 Å². The summed E-state index contributed by atoms with van der Waals surface area (Å²) in [6, 6.07) is 2.03. The Labute approximate surface area is 130 Å². The quantitative estimate of drug-likeness (QED) is 0.785. The minimum absolute atomic E-state index is 0.0189. The van der Waals surface area contributed by atoms with E-state index in [2.05, 4.69) is 4.98 Å². The molecule has 21 heavy (non-hydrogen) atoms. The van der Waals surface area contributed by atoms with Gasteiger partial charge in [0.05, 0.1) is 10.4 Å². The van der Waals surface area contributed by atoms with E-state index >= 15 is 0 Å². The van der Waals surface area contributed by atoms with Crippen LogP contribution in [0, 0.1) is 0 Å². The molecule has 112 valence electrons. The van der Waals surface area contributed by atoms with Gasteiger partial charge in [0.25, 0.3) is 5.91 Å². The van der Waals surface area contributed by atoms with E-state index in [4.69, 9.17) is 5.11 Å². The van der Waals surface area contributed by atoms with Crippen molar-refractivity contribution < 1.29 is 9.90 Å². The number of hydrogen-bond donors (Lipinski definition) is 1. The number of aliphatic hydroxyl groups is 1.